The number of carboxylic acids is 1. The number of nitrogens with zero attached hydrogens (tertiary/aromatic N) is 1. The van der Waals surface area contributed by atoms with Crippen molar-refractivity contribution in [3.05, 3.63) is 0 Å². The lowest BCUT2D eigenvalue weighted by atomic mass is 9.89. The van der Waals surface area contributed by atoms with Crippen LogP contribution < -0.4 is 0 Å². The van der Waals surface area contributed by atoms with Gasteiger partial charge in [0.05, 0.1) is 21.1 Å². The summed E-state index contributed by atoms with van der Waals surface area (Å²) in [5.74, 6) is -0.897. The first-order valence-electron chi connectivity index (χ1n) is 6.97. The Bertz CT molecular complexity index is 248. The van der Waals surface area contributed by atoms with Gasteiger partial charge in [-0.3, -0.25) is 0 Å². The summed E-state index contributed by atoms with van der Waals surface area (Å²) in [5, 5.41) is 19.0. The smallest absolute Gasteiger partial charge is 0.368 e. The van der Waals surface area contributed by atoms with Gasteiger partial charge in [-0.1, -0.05) is 39.0 Å². The molecule has 108 valence electrons. The van der Waals surface area contributed by atoms with E-state index in [1.54, 1.807) is 0 Å². The van der Waals surface area contributed by atoms with E-state index in [1.165, 1.54) is 19.3 Å². The highest BCUT2D eigenvalue weighted by atomic mass is 16.4. The number of carbonyl (C=O) groups is 1. The predicted octanol–water partition coefficient (Wildman–Crippen LogP) is 2.26. The van der Waals surface area contributed by atoms with E-state index >= 15 is 0 Å². The fourth-order valence-corrected chi connectivity index (χ4v) is 2.29. The third-order valence-corrected chi connectivity index (χ3v) is 3.89. The SMILES string of the molecule is CCCCCCCCC(CO)(C(=O)O)[N+](C)(C)C. The largest absolute Gasteiger partial charge is 0.477 e. The maximum Gasteiger partial charge on any atom is 0.368 e. The molecule has 2 N–H and O–H groups in total. The van der Waals surface area contributed by atoms with Crippen LogP contribution in [0.15, 0.2) is 0 Å². The van der Waals surface area contributed by atoms with Crippen LogP contribution in [0.3, 0.4) is 0 Å². The Kier molecular flexibility index (Phi) is 7.48. The zero-order chi connectivity index (χ0) is 14.2. The molecule has 0 amide bonds. The van der Waals surface area contributed by atoms with Gasteiger partial charge in [-0.15, -0.1) is 0 Å². The lowest BCUT2D eigenvalue weighted by Crippen LogP contribution is -2.64. The van der Waals surface area contributed by atoms with Gasteiger partial charge in [0.25, 0.3) is 0 Å². The summed E-state index contributed by atoms with van der Waals surface area (Å²) < 4.78 is 0.258. The van der Waals surface area contributed by atoms with Crippen LogP contribution >= 0.6 is 0 Å². The van der Waals surface area contributed by atoms with Crippen LogP contribution in [0, 0.1) is 0 Å². The van der Waals surface area contributed by atoms with Crippen LogP contribution in [0.2, 0.25) is 0 Å². The zero-order valence-corrected chi connectivity index (χ0v) is 12.4. The molecule has 0 saturated carbocycles. The molecular weight excluding hydrogens is 230 g/mol. The number of quaternary nitrogens is 1. The third-order valence-electron chi connectivity index (χ3n) is 3.89. The van der Waals surface area contributed by atoms with Gasteiger partial charge in [-0.05, 0) is 6.42 Å². The first-order chi connectivity index (χ1) is 8.31. The number of hydrogen-bond donors (Lipinski definition) is 2. The fraction of sp³-hybridized carbons (Fsp3) is 0.929. The number of aliphatic hydroxyl groups is 1. The number of aliphatic hydroxyl groups excluding tert-OH is 1. The highest BCUT2D eigenvalue weighted by molar-refractivity contribution is 5.77. The summed E-state index contributed by atoms with van der Waals surface area (Å²) in [4.78, 5) is 11.5. The Balaban J connectivity index is 4.32. The van der Waals surface area contributed by atoms with Gasteiger partial charge >= 0.3 is 5.97 Å². The van der Waals surface area contributed by atoms with E-state index in [0.29, 0.717) is 6.42 Å². The monoisotopic (exact) mass is 260 g/mol. The third kappa shape index (κ3) is 4.58. The lowest BCUT2D eigenvalue weighted by molar-refractivity contribution is -0.915. The number of rotatable bonds is 10. The minimum absolute atomic E-state index is 0.258. The highest BCUT2D eigenvalue weighted by Crippen LogP contribution is 2.26. The Hall–Kier alpha value is -0.610. The molecule has 4 nitrogen and oxygen atoms in total. The fourth-order valence-electron chi connectivity index (χ4n) is 2.29. The maximum absolute atomic E-state index is 11.5. The Morgan fingerprint density at radius 2 is 1.56 bits per heavy atom. The van der Waals surface area contributed by atoms with Crippen molar-refractivity contribution in [2.24, 2.45) is 0 Å². The minimum Gasteiger partial charge on any atom is -0.477 e. The number of aliphatic carboxylic acids is 1. The second-order valence-corrected chi connectivity index (χ2v) is 6.03. The molecule has 0 bridgehead atoms. The van der Waals surface area contributed by atoms with Crippen LogP contribution in [0.25, 0.3) is 0 Å². The average Bonchev–Trinajstić information content (AvgIpc) is 2.26. The maximum atomic E-state index is 11.5. The van der Waals surface area contributed by atoms with Crippen LogP contribution in [-0.2, 0) is 4.79 Å². The van der Waals surface area contributed by atoms with E-state index in [1.807, 2.05) is 21.1 Å². The van der Waals surface area contributed by atoms with Crippen molar-refractivity contribution >= 4 is 5.97 Å². The van der Waals surface area contributed by atoms with Crippen molar-refractivity contribution in [1.82, 2.24) is 0 Å². The predicted molar refractivity (Wildman–Crippen MR) is 73.5 cm³/mol. The minimum atomic E-state index is -1.06. The van der Waals surface area contributed by atoms with Crippen molar-refractivity contribution in [2.45, 2.75) is 57.4 Å². The van der Waals surface area contributed by atoms with Crippen LogP contribution in [0.5, 0.6) is 0 Å². The summed E-state index contributed by atoms with van der Waals surface area (Å²) in [7, 11) is 5.50. The normalized spacial score (nSPS) is 15.4. The number of likely N-dealkylation sites (N-methyl/N-ethyl adjacent to an activating group) is 1. The van der Waals surface area contributed by atoms with Crippen molar-refractivity contribution < 1.29 is 19.5 Å². The van der Waals surface area contributed by atoms with Crippen LogP contribution in [-0.4, -0.2) is 54.0 Å². The molecule has 4 heteroatoms. The van der Waals surface area contributed by atoms with E-state index in [-0.39, 0.29) is 11.1 Å². The second-order valence-electron chi connectivity index (χ2n) is 6.03. The van der Waals surface area contributed by atoms with Gasteiger partial charge in [0, 0.05) is 6.42 Å². The van der Waals surface area contributed by atoms with Crippen LogP contribution in [0.4, 0.5) is 0 Å². The molecule has 0 aliphatic heterocycles. The molecule has 0 heterocycles. The van der Waals surface area contributed by atoms with E-state index in [2.05, 4.69) is 6.92 Å². The number of carboxylic acid groups (broad SMARTS) is 1. The molecule has 0 rings (SSSR count). The van der Waals surface area contributed by atoms with E-state index in [4.69, 9.17) is 0 Å². The van der Waals surface area contributed by atoms with E-state index < -0.39 is 11.5 Å². The molecule has 0 aliphatic carbocycles. The number of unbranched alkanes of at least 4 members (excludes halogenated alkanes) is 5. The molecule has 0 saturated heterocycles. The molecule has 0 radical (unpaired) electrons. The molecule has 18 heavy (non-hydrogen) atoms. The highest BCUT2D eigenvalue weighted by Gasteiger charge is 2.49. The van der Waals surface area contributed by atoms with Crippen molar-refractivity contribution in [3.63, 3.8) is 0 Å². The first kappa shape index (κ1) is 17.4. The van der Waals surface area contributed by atoms with E-state index in [9.17, 15) is 15.0 Å². The summed E-state index contributed by atoms with van der Waals surface area (Å²) >= 11 is 0. The number of hydrogen-bond acceptors (Lipinski definition) is 2. The second kappa shape index (κ2) is 7.74. The molecule has 0 aliphatic rings. The molecule has 0 aromatic heterocycles. The van der Waals surface area contributed by atoms with Crippen molar-refractivity contribution in [1.29, 1.82) is 0 Å². The van der Waals surface area contributed by atoms with Gasteiger partial charge in [0.15, 0.2) is 0 Å². The lowest BCUT2D eigenvalue weighted by Gasteiger charge is -2.41. The molecule has 0 aromatic rings. The Labute approximate surface area is 111 Å². The molecule has 1 atom stereocenters. The average molecular weight is 260 g/mol. The zero-order valence-electron chi connectivity index (χ0n) is 12.4. The van der Waals surface area contributed by atoms with Gasteiger partial charge in [0.1, 0.15) is 6.61 Å². The molecular formula is C14H30NO3+. The molecule has 0 spiro atoms. The van der Waals surface area contributed by atoms with Gasteiger partial charge < -0.3 is 14.7 Å². The summed E-state index contributed by atoms with van der Waals surface area (Å²) in [6.07, 6.45) is 7.30. The van der Waals surface area contributed by atoms with Crippen molar-refractivity contribution in [3.8, 4) is 0 Å². The van der Waals surface area contributed by atoms with Gasteiger partial charge in [-0.25, -0.2) is 4.79 Å². The Morgan fingerprint density at radius 3 is 1.94 bits per heavy atom. The quantitative estimate of drug-likeness (QED) is 0.468. The molecule has 0 fully saturated rings. The van der Waals surface area contributed by atoms with Crippen LogP contribution in [0.1, 0.15) is 51.9 Å². The summed E-state index contributed by atoms with van der Waals surface area (Å²) in [5.41, 5.74) is -1.06. The Morgan fingerprint density at radius 1 is 1.06 bits per heavy atom. The van der Waals surface area contributed by atoms with Crippen molar-refractivity contribution in [2.75, 3.05) is 27.7 Å². The summed E-state index contributed by atoms with van der Waals surface area (Å²) in [6.45, 7) is 1.87. The topological polar surface area (TPSA) is 57.5 Å². The molecule has 1 unspecified atom stereocenters. The first-order valence-corrected chi connectivity index (χ1v) is 6.97. The van der Waals surface area contributed by atoms with Gasteiger partial charge in [-0.2, -0.15) is 0 Å². The van der Waals surface area contributed by atoms with E-state index in [0.717, 1.165) is 19.3 Å². The summed E-state index contributed by atoms with van der Waals surface area (Å²) in [6, 6.07) is 0. The van der Waals surface area contributed by atoms with Gasteiger partial charge in [0.2, 0.25) is 5.54 Å². The molecule has 0 aromatic carbocycles. The standard InChI is InChI=1S/C14H29NO3/c1-5-6-7-8-9-10-11-14(12-16,13(17)18)15(2,3)4/h16H,5-12H2,1-4H3/p+1.